The van der Waals surface area contributed by atoms with Crippen LogP contribution in [-0.4, -0.2) is 16.5 Å². The van der Waals surface area contributed by atoms with Gasteiger partial charge in [0.2, 0.25) is 0 Å². The van der Waals surface area contributed by atoms with Gasteiger partial charge in [-0.05, 0) is 31.9 Å². The van der Waals surface area contributed by atoms with Crippen LogP contribution in [0.4, 0.5) is 5.82 Å². The zero-order valence-corrected chi connectivity index (χ0v) is 13.0. The van der Waals surface area contributed by atoms with Gasteiger partial charge in [0.25, 0.3) is 0 Å². The molecule has 0 aliphatic heterocycles. The van der Waals surface area contributed by atoms with Crippen molar-refractivity contribution in [2.45, 2.75) is 33.6 Å². The largest absolute Gasteiger partial charge is 0.370 e. The highest BCUT2D eigenvalue weighted by atomic mass is 35.5. The fraction of sp³-hybridized carbons (Fsp3) is 0.429. The lowest BCUT2D eigenvalue weighted by molar-refractivity contribution is 0.939. The van der Waals surface area contributed by atoms with Gasteiger partial charge in [-0.25, -0.2) is 9.97 Å². The Balaban J connectivity index is 2.43. The van der Waals surface area contributed by atoms with Crippen molar-refractivity contribution in [3.8, 4) is 10.7 Å². The molecule has 0 amide bonds. The highest BCUT2D eigenvalue weighted by molar-refractivity contribution is 7.19. The van der Waals surface area contributed by atoms with E-state index in [9.17, 15) is 0 Å². The van der Waals surface area contributed by atoms with Gasteiger partial charge in [0.05, 0.1) is 9.21 Å². The van der Waals surface area contributed by atoms with Crippen molar-refractivity contribution in [2.75, 3.05) is 11.9 Å². The quantitative estimate of drug-likeness (QED) is 0.879. The third-order valence-electron chi connectivity index (χ3n) is 2.90. The lowest BCUT2D eigenvalue weighted by atomic mass is 10.1. The molecule has 1 N–H and O–H groups in total. The average molecular weight is 296 g/mol. The molecule has 0 radical (unpaired) electrons. The van der Waals surface area contributed by atoms with Crippen LogP contribution in [0.25, 0.3) is 10.7 Å². The van der Waals surface area contributed by atoms with Crippen LogP contribution in [0.15, 0.2) is 12.1 Å². The number of hydrogen-bond donors (Lipinski definition) is 1. The van der Waals surface area contributed by atoms with E-state index < -0.39 is 0 Å². The maximum atomic E-state index is 5.98. The van der Waals surface area contributed by atoms with E-state index in [0.29, 0.717) is 0 Å². The van der Waals surface area contributed by atoms with Gasteiger partial charge in [-0.2, -0.15) is 0 Å². The summed E-state index contributed by atoms with van der Waals surface area (Å²) in [5.74, 6) is 1.71. The molecule has 0 aromatic carbocycles. The molecule has 3 nitrogen and oxygen atoms in total. The summed E-state index contributed by atoms with van der Waals surface area (Å²) in [6.45, 7) is 7.24. The molecule has 0 aliphatic rings. The molecular formula is C14H18ClN3S. The van der Waals surface area contributed by atoms with Crippen LogP contribution in [-0.2, 0) is 6.42 Å². The van der Waals surface area contributed by atoms with Gasteiger partial charge in [-0.15, -0.1) is 11.3 Å². The first-order valence-corrected chi connectivity index (χ1v) is 7.72. The number of aryl methyl sites for hydroxylation is 1. The Kier molecular flexibility index (Phi) is 4.77. The van der Waals surface area contributed by atoms with Crippen LogP contribution in [0, 0.1) is 6.92 Å². The second-order valence-electron chi connectivity index (χ2n) is 4.34. The maximum Gasteiger partial charge on any atom is 0.171 e. The number of thiophene rings is 1. The molecule has 2 aromatic rings. The molecule has 2 heterocycles. The molecule has 0 spiro atoms. The summed E-state index contributed by atoms with van der Waals surface area (Å²) in [4.78, 5) is 10.3. The highest BCUT2D eigenvalue weighted by Gasteiger charge is 2.12. The van der Waals surface area contributed by atoms with Crippen LogP contribution in [0.3, 0.4) is 0 Å². The Morgan fingerprint density at radius 3 is 2.63 bits per heavy atom. The monoisotopic (exact) mass is 295 g/mol. The number of anilines is 1. The van der Waals surface area contributed by atoms with Gasteiger partial charge in [-0.3, -0.25) is 0 Å². The lowest BCUT2D eigenvalue weighted by Crippen LogP contribution is -2.08. The van der Waals surface area contributed by atoms with E-state index in [0.717, 1.165) is 45.9 Å². The molecule has 0 bridgehead atoms. The second-order valence-corrected chi connectivity index (χ2v) is 6.06. The highest BCUT2D eigenvalue weighted by Crippen LogP contribution is 2.30. The van der Waals surface area contributed by atoms with Crippen LogP contribution >= 0.6 is 22.9 Å². The summed E-state index contributed by atoms with van der Waals surface area (Å²) < 4.78 is 0.763. The van der Waals surface area contributed by atoms with Gasteiger partial charge in [0.15, 0.2) is 5.82 Å². The summed E-state index contributed by atoms with van der Waals surface area (Å²) in [6, 6.07) is 3.85. The van der Waals surface area contributed by atoms with E-state index in [-0.39, 0.29) is 0 Å². The molecule has 0 atom stereocenters. The van der Waals surface area contributed by atoms with E-state index in [2.05, 4.69) is 29.1 Å². The molecule has 0 saturated heterocycles. The van der Waals surface area contributed by atoms with Gasteiger partial charge in [0, 0.05) is 17.8 Å². The second kappa shape index (κ2) is 6.35. The Morgan fingerprint density at radius 2 is 2.05 bits per heavy atom. The van der Waals surface area contributed by atoms with Gasteiger partial charge in [0.1, 0.15) is 5.82 Å². The first-order chi connectivity index (χ1) is 9.15. The normalized spacial score (nSPS) is 10.7. The van der Waals surface area contributed by atoms with Gasteiger partial charge >= 0.3 is 0 Å². The van der Waals surface area contributed by atoms with E-state index in [1.807, 2.05) is 19.1 Å². The number of aromatic nitrogens is 2. The topological polar surface area (TPSA) is 37.8 Å². The van der Waals surface area contributed by atoms with Crippen molar-refractivity contribution in [1.29, 1.82) is 0 Å². The Morgan fingerprint density at radius 1 is 1.26 bits per heavy atom. The molecule has 5 heteroatoms. The predicted molar refractivity (Wildman–Crippen MR) is 83.3 cm³/mol. The molecule has 0 fully saturated rings. The molecule has 0 unspecified atom stereocenters. The number of rotatable bonds is 5. The molecule has 2 aromatic heterocycles. The van der Waals surface area contributed by atoms with E-state index in [1.54, 1.807) is 0 Å². The molecule has 19 heavy (non-hydrogen) atoms. The van der Waals surface area contributed by atoms with Crippen molar-refractivity contribution in [1.82, 2.24) is 9.97 Å². The fourth-order valence-corrected chi connectivity index (χ4v) is 2.93. The number of nitrogens with zero attached hydrogens (tertiary/aromatic N) is 2. The Labute approximate surface area is 123 Å². The van der Waals surface area contributed by atoms with Gasteiger partial charge in [-0.1, -0.05) is 25.4 Å². The fourth-order valence-electron chi connectivity index (χ4n) is 1.95. The van der Waals surface area contributed by atoms with Crippen LogP contribution in [0.1, 0.15) is 31.5 Å². The SMILES string of the molecule is CCCNc1nc(-c2ccc(Cl)s2)nc(C)c1CC. The number of hydrogen-bond acceptors (Lipinski definition) is 4. The van der Waals surface area contributed by atoms with Crippen LogP contribution in [0.2, 0.25) is 4.34 Å². The molecule has 102 valence electrons. The summed E-state index contributed by atoms with van der Waals surface area (Å²) >= 11 is 7.49. The van der Waals surface area contributed by atoms with E-state index >= 15 is 0 Å². The number of nitrogens with one attached hydrogen (secondary N) is 1. The summed E-state index contributed by atoms with van der Waals surface area (Å²) in [6.07, 6.45) is 2.01. The summed E-state index contributed by atoms with van der Waals surface area (Å²) in [5, 5.41) is 3.39. The Bertz CT molecular complexity index is 566. The predicted octanol–water partition coefficient (Wildman–Crippen LogP) is 4.55. The molecule has 0 saturated carbocycles. The third-order valence-corrected chi connectivity index (χ3v) is 4.13. The Hall–Kier alpha value is -1.13. The minimum Gasteiger partial charge on any atom is -0.370 e. The molecule has 0 aliphatic carbocycles. The van der Waals surface area contributed by atoms with Crippen molar-refractivity contribution >= 4 is 28.8 Å². The first kappa shape index (κ1) is 14.3. The minimum absolute atomic E-state index is 0.755. The summed E-state index contributed by atoms with van der Waals surface area (Å²) in [7, 11) is 0. The number of halogens is 1. The standard InChI is InChI=1S/C14H18ClN3S/c1-4-8-16-13-10(5-2)9(3)17-14(18-13)11-6-7-12(15)19-11/h6-7H,4-5,8H2,1-3H3,(H,16,17,18). The van der Waals surface area contributed by atoms with Gasteiger partial charge < -0.3 is 5.32 Å². The zero-order chi connectivity index (χ0) is 13.8. The minimum atomic E-state index is 0.755. The molecule has 2 rings (SSSR count). The first-order valence-electron chi connectivity index (χ1n) is 6.52. The van der Waals surface area contributed by atoms with Crippen LogP contribution < -0.4 is 5.32 Å². The summed E-state index contributed by atoms with van der Waals surface area (Å²) in [5.41, 5.74) is 2.23. The van der Waals surface area contributed by atoms with Crippen molar-refractivity contribution < 1.29 is 0 Å². The average Bonchev–Trinajstić information content (AvgIpc) is 2.82. The lowest BCUT2D eigenvalue weighted by Gasteiger charge is -2.12. The van der Waals surface area contributed by atoms with Crippen molar-refractivity contribution in [2.24, 2.45) is 0 Å². The smallest absolute Gasteiger partial charge is 0.171 e. The molecular weight excluding hydrogens is 278 g/mol. The van der Waals surface area contributed by atoms with Crippen molar-refractivity contribution in [3.05, 3.63) is 27.7 Å². The van der Waals surface area contributed by atoms with Crippen LogP contribution in [0.5, 0.6) is 0 Å². The third kappa shape index (κ3) is 3.25. The van der Waals surface area contributed by atoms with E-state index in [1.165, 1.54) is 16.9 Å². The van der Waals surface area contributed by atoms with E-state index in [4.69, 9.17) is 11.6 Å². The zero-order valence-electron chi connectivity index (χ0n) is 11.5. The van der Waals surface area contributed by atoms with Crippen molar-refractivity contribution in [3.63, 3.8) is 0 Å². The maximum absolute atomic E-state index is 5.98.